The highest BCUT2D eigenvalue weighted by Gasteiger charge is 2.17. The van der Waals surface area contributed by atoms with Crippen molar-refractivity contribution in [3.8, 4) is 0 Å². The van der Waals surface area contributed by atoms with Crippen molar-refractivity contribution < 1.29 is 14.7 Å². The number of unbranched alkanes of at least 4 members (excludes halogenated alkanes) is 2. The van der Waals surface area contributed by atoms with E-state index in [1.807, 2.05) is 13.8 Å². The average Bonchev–Trinajstić information content (AvgIpc) is 2.29. The molecule has 0 saturated carbocycles. The predicted molar refractivity (Wildman–Crippen MR) is 66.5 cm³/mol. The zero-order valence-electron chi connectivity index (χ0n) is 10.8. The standard InChI is InChI=1S/C12H24N2O3/c1-3-5-7-13-11(16)9-10(15)12(17)14-8-6-4-2/h10,15H,3-9H2,1-2H3,(H,13,16)(H,14,17). The van der Waals surface area contributed by atoms with Crippen LogP contribution in [0.1, 0.15) is 46.0 Å². The second-order valence-corrected chi connectivity index (χ2v) is 4.07. The molecule has 0 aromatic carbocycles. The molecule has 5 heteroatoms. The van der Waals surface area contributed by atoms with Gasteiger partial charge >= 0.3 is 0 Å². The molecule has 0 bridgehead atoms. The lowest BCUT2D eigenvalue weighted by atomic mass is 10.2. The lowest BCUT2D eigenvalue weighted by Crippen LogP contribution is -2.39. The fraction of sp³-hybridized carbons (Fsp3) is 0.833. The maximum absolute atomic E-state index is 11.3. The Morgan fingerprint density at radius 1 is 1.06 bits per heavy atom. The molecule has 0 aliphatic heterocycles. The highest BCUT2D eigenvalue weighted by atomic mass is 16.3. The molecule has 0 aromatic heterocycles. The summed E-state index contributed by atoms with van der Waals surface area (Å²) in [5.74, 6) is -0.749. The Hall–Kier alpha value is -1.10. The van der Waals surface area contributed by atoms with Crippen LogP contribution in [0.2, 0.25) is 0 Å². The van der Waals surface area contributed by atoms with E-state index < -0.39 is 12.0 Å². The molecular formula is C12H24N2O3. The molecule has 0 saturated heterocycles. The van der Waals surface area contributed by atoms with Gasteiger partial charge in [-0.25, -0.2) is 0 Å². The summed E-state index contributed by atoms with van der Waals surface area (Å²) in [6.07, 6.45) is 2.36. The topological polar surface area (TPSA) is 78.4 Å². The number of carbonyl (C=O) groups is 2. The van der Waals surface area contributed by atoms with E-state index in [1.54, 1.807) is 0 Å². The zero-order chi connectivity index (χ0) is 13.1. The summed E-state index contributed by atoms with van der Waals surface area (Å²) in [4.78, 5) is 22.7. The first-order valence-corrected chi connectivity index (χ1v) is 6.34. The van der Waals surface area contributed by atoms with Crippen molar-refractivity contribution in [3.63, 3.8) is 0 Å². The Morgan fingerprint density at radius 3 is 2.12 bits per heavy atom. The third kappa shape index (κ3) is 8.68. The van der Waals surface area contributed by atoms with Gasteiger partial charge in [0.2, 0.25) is 11.8 Å². The Bertz CT molecular complexity index is 232. The van der Waals surface area contributed by atoms with E-state index in [2.05, 4.69) is 10.6 Å². The Morgan fingerprint density at radius 2 is 1.59 bits per heavy atom. The van der Waals surface area contributed by atoms with Gasteiger partial charge in [-0.05, 0) is 12.8 Å². The highest BCUT2D eigenvalue weighted by Crippen LogP contribution is 1.93. The van der Waals surface area contributed by atoms with E-state index in [9.17, 15) is 14.7 Å². The summed E-state index contributed by atoms with van der Waals surface area (Å²) in [5, 5.41) is 14.7. The summed E-state index contributed by atoms with van der Waals surface area (Å²) in [6, 6.07) is 0. The maximum Gasteiger partial charge on any atom is 0.249 e. The number of aliphatic hydroxyl groups excluding tert-OH is 1. The molecule has 1 atom stereocenters. The number of hydrogen-bond acceptors (Lipinski definition) is 3. The van der Waals surface area contributed by atoms with Crippen LogP contribution in [0.3, 0.4) is 0 Å². The highest BCUT2D eigenvalue weighted by molar-refractivity contribution is 5.87. The summed E-state index contributed by atoms with van der Waals surface area (Å²) in [7, 11) is 0. The third-order valence-electron chi connectivity index (χ3n) is 2.36. The van der Waals surface area contributed by atoms with Gasteiger partial charge in [0, 0.05) is 13.1 Å². The summed E-state index contributed by atoms with van der Waals surface area (Å²) < 4.78 is 0. The fourth-order valence-electron chi connectivity index (χ4n) is 1.25. The van der Waals surface area contributed by atoms with Crippen LogP contribution in [-0.2, 0) is 9.59 Å². The van der Waals surface area contributed by atoms with Crippen molar-refractivity contribution in [2.75, 3.05) is 13.1 Å². The number of rotatable bonds is 9. The van der Waals surface area contributed by atoms with E-state index in [0.29, 0.717) is 13.1 Å². The molecule has 100 valence electrons. The smallest absolute Gasteiger partial charge is 0.249 e. The molecule has 0 aliphatic rings. The van der Waals surface area contributed by atoms with Gasteiger partial charge in [-0.1, -0.05) is 26.7 Å². The average molecular weight is 244 g/mol. The first kappa shape index (κ1) is 15.9. The minimum atomic E-state index is -1.24. The van der Waals surface area contributed by atoms with Crippen LogP contribution < -0.4 is 10.6 Å². The van der Waals surface area contributed by atoms with E-state index in [4.69, 9.17) is 0 Å². The van der Waals surface area contributed by atoms with Crippen LogP contribution in [0.15, 0.2) is 0 Å². The van der Waals surface area contributed by atoms with Crippen molar-refractivity contribution >= 4 is 11.8 Å². The van der Waals surface area contributed by atoms with E-state index in [0.717, 1.165) is 25.7 Å². The first-order chi connectivity index (χ1) is 8.11. The lowest BCUT2D eigenvalue weighted by molar-refractivity contribution is -0.134. The largest absolute Gasteiger partial charge is 0.383 e. The molecule has 5 nitrogen and oxygen atoms in total. The third-order valence-corrected chi connectivity index (χ3v) is 2.36. The van der Waals surface area contributed by atoms with Gasteiger partial charge in [0.15, 0.2) is 0 Å². The maximum atomic E-state index is 11.3. The second-order valence-electron chi connectivity index (χ2n) is 4.07. The van der Waals surface area contributed by atoms with E-state index in [-0.39, 0.29) is 12.3 Å². The number of aliphatic hydroxyl groups is 1. The summed E-state index contributed by atoms with van der Waals surface area (Å²) in [6.45, 7) is 5.19. The minimum absolute atomic E-state index is 0.165. The van der Waals surface area contributed by atoms with Gasteiger partial charge in [0.25, 0.3) is 0 Å². The lowest BCUT2D eigenvalue weighted by Gasteiger charge is -2.11. The predicted octanol–water partition coefficient (Wildman–Crippen LogP) is 0.570. The fourth-order valence-corrected chi connectivity index (χ4v) is 1.25. The SMILES string of the molecule is CCCCNC(=O)CC(O)C(=O)NCCCC. The molecule has 2 amide bonds. The zero-order valence-corrected chi connectivity index (χ0v) is 10.8. The van der Waals surface area contributed by atoms with Gasteiger partial charge in [0.1, 0.15) is 6.10 Å². The molecule has 0 rings (SSSR count). The van der Waals surface area contributed by atoms with Crippen molar-refractivity contribution in [1.82, 2.24) is 10.6 Å². The first-order valence-electron chi connectivity index (χ1n) is 6.34. The molecule has 0 heterocycles. The normalized spacial score (nSPS) is 11.9. The van der Waals surface area contributed by atoms with Crippen LogP contribution in [0, 0.1) is 0 Å². The van der Waals surface area contributed by atoms with Crippen molar-refractivity contribution in [2.45, 2.75) is 52.1 Å². The van der Waals surface area contributed by atoms with Crippen molar-refractivity contribution in [3.05, 3.63) is 0 Å². The monoisotopic (exact) mass is 244 g/mol. The molecule has 1 unspecified atom stereocenters. The Balaban J connectivity index is 3.71. The van der Waals surface area contributed by atoms with Gasteiger partial charge in [-0.2, -0.15) is 0 Å². The summed E-state index contributed by atoms with van der Waals surface area (Å²) >= 11 is 0. The number of nitrogens with one attached hydrogen (secondary N) is 2. The molecule has 17 heavy (non-hydrogen) atoms. The molecular weight excluding hydrogens is 220 g/mol. The van der Waals surface area contributed by atoms with E-state index in [1.165, 1.54) is 0 Å². The van der Waals surface area contributed by atoms with Crippen LogP contribution in [0.4, 0.5) is 0 Å². The minimum Gasteiger partial charge on any atom is -0.383 e. The molecule has 0 aliphatic carbocycles. The second kappa shape index (κ2) is 10.1. The van der Waals surface area contributed by atoms with Crippen molar-refractivity contribution in [2.24, 2.45) is 0 Å². The number of carbonyl (C=O) groups excluding carboxylic acids is 2. The molecule has 3 N–H and O–H groups in total. The van der Waals surface area contributed by atoms with Crippen LogP contribution in [-0.4, -0.2) is 36.1 Å². The van der Waals surface area contributed by atoms with Crippen molar-refractivity contribution in [1.29, 1.82) is 0 Å². The Labute approximate surface area is 103 Å². The molecule has 0 spiro atoms. The molecule has 0 fully saturated rings. The summed E-state index contributed by atoms with van der Waals surface area (Å²) in [5.41, 5.74) is 0. The quantitative estimate of drug-likeness (QED) is 0.519. The van der Waals surface area contributed by atoms with Crippen LogP contribution in [0.5, 0.6) is 0 Å². The van der Waals surface area contributed by atoms with Crippen LogP contribution >= 0.6 is 0 Å². The molecule has 0 aromatic rings. The Kier molecular flexibility index (Phi) is 9.43. The molecule has 0 radical (unpaired) electrons. The number of hydrogen-bond donors (Lipinski definition) is 3. The van der Waals surface area contributed by atoms with Gasteiger partial charge in [0.05, 0.1) is 6.42 Å². The number of amides is 2. The van der Waals surface area contributed by atoms with Crippen LogP contribution in [0.25, 0.3) is 0 Å². The van der Waals surface area contributed by atoms with Gasteiger partial charge in [-0.15, -0.1) is 0 Å². The van der Waals surface area contributed by atoms with Gasteiger partial charge in [-0.3, -0.25) is 9.59 Å². The van der Waals surface area contributed by atoms with E-state index >= 15 is 0 Å². The van der Waals surface area contributed by atoms with Gasteiger partial charge < -0.3 is 15.7 Å².